The van der Waals surface area contributed by atoms with E-state index in [1.807, 2.05) is 24.3 Å². The minimum Gasteiger partial charge on any atom is -0.483 e. The van der Waals surface area contributed by atoms with Gasteiger partial charge in [-0.15, -0.1) is 0 Å². The number of rotatable bonds is 11. The minimum atomic E-state index is -0.0670. The average Bonchev–Trinajstić information content (AvgIpc) is 2.78. The van der Waals surface area contributed by atoms with Gasteiger partial charge in [-0.05, 0) is 61.0 Å². The predicted octanol–water partition coefficient (Wildman–Crippen LogP) is 2.79. The van der Waals surface area contributed by atoms with Gasteiger partial charge >= 0.3 is 0 Å². The number of amides is 1. The second-order valence-electron chi connectivity index (χ2n) is 8.66. The van der Waals surface area contributed by atoms with Gasteiger partial charge in [-0.1, -0.05) is 36.4 Å². The zero-order valence-electron chi connectivity index (χ0n) is 18.9. The summed E-state index contributed by atoms with van der Waals surface area (Å²) >= 11 is 1.68. The summed E-state index contributed by atoms with van der Waals surface area (Å²) in [6.45, 7) is 7.04. The fourth-order valence-corrected chi connectivity index (χ4v) is 5.14. The monoisotopic (exact) mass is 454 g/mol. The third-order valence-electron chi connectivity index (χ3n) is 6.03. The molecule has 0 unspecified atom stereocenters. The van der Waals surface area contributed by atoms with Gasteiger partial charge in [0, 0.05) is 45.8 Å². The first-order valence-electron chi connectivity index (χ1n) is 11.5. The first-order chi connectivity index (χ1) is 15.7. The summed E-state index contributed by atoms with van der Waals surface area (Å²) in [5, 5.41) is 6.31. The second kappa shape index (κ2) is 11.7. The van der Waals surface area contributed by atoms with Crippen LogP contribution in [0, 0.1) is 5.92 Å². The molecule has 7 heteroatoms. The molecular weight excluding hydrogens is 420 g/mol. The van der Waals surface area contributed by atoms with Gasteiger partial charge < -0.3 is 15.4 Å². The number of fused-ring (bicyclic) bond motifs is 1. The number of hydrogen-bond acceptors (Lipinski definition) is 6. The molecular formula is C25H34N4O2S. The quantitative estimate of drug-likeness (QED) is 0.402. The smallest absolute Gasteiger partial charge is 0.257 e. The molecule has 4 rings (SSSR count). The van der Waals surface area contributed by atoms with Crippen molar-refractivity contribution in [3.05, 3.63) is 59.7 Å². The van der Waals surface area contributed by atoms with Gasteiger partial charge in [0.05, 0.1) is 4.90 Å². The van der Waals surface area contributed by atoms with Crippen LogP contribution in [0.2, 0.25) is 0 Å². The maximum atomic E-state index is 12.3. The molecule has 172 valence electrons. The van der Waals surface area contributed by atoms with E-state index >= 15 is 0 Å². The summed E-state index contributed by atoms with van der Waals surface area (Å²) < 4.78 is 8.09. The molecule has 2 aromatic carbocycles. The Morgan fingerprint density at radius 3 is 2.78 bits per heavy atom. The highest BCUT2D eigenvalue weighted by Gasteiger charge is 2.20. The van der Waals surface area contributed by atoms with Gasteiger partial charge in [0.25, 0.3) is 5.91 Å². The van der Waals surface area contributed by atoms with E-state index in [-0.39, 0.29) is 12.5 Å². The molecule has 2 heterocycles. The van der Waals surface area contributed by atoms with Crippen molar-refractivity contribution in [2.24, 2.45) is 5.92 Å². The summed E-state index contributed by atoms with van der Waals surface area (Å²) in [7, 11) is 2.10. The molecule has 32 heavy (non-hydrogen) atoms. The van der Waals surface area contributed by atoms with Crippen molar-refractivity contribution in [1.82, 2.24) is 19.8 Å². The number of carbonyl (C=O) groups excluding carboxylic acids is 1. The zero-order valence-corrected chi connectivity index (χ0v) is 19.7. The summed E-state index contributed by atoms with van der Waals surface area (Å²) in [6.07, 6.45) is 2.06. The fraction of sp³-hybridized carbons (Fsp3) is 0.480. The van der Waals surface area contributed by atoms with Crippen molar-refractivity contribution in [3.63, 3.8) is 0 Å². The van der Waals surface area contributed by atoms with E-state index in [0.717, 1.165) is 62.8 Å². The molecule has 6 nitrogen and oxygen atoms in total. The highest BCUT2D eigenvalue weighted by atomic mass is 32.2. The summed E-state index contributed by atoms with van der Waals surface area (Å²) in [4.78, 5) is 15.8. The van der Waals surface area contributed by atoms with Crippen LogP contribution in [0.5, 0.6) is 5.75 Å². The van der Waals surface area contributed by atoms with Crippen LogP contribution in [0.3, 0.4) is 0 Å². The first-order valence-corrected chi connectivity index (χ1v) is 12.3. The van der Waals surface area contributed by atoms with Crippen LogP contribution in [-0.2, 0) is 17.8 Å². The molecule has 1 saturated heterocycles. The largest absolute Gasteiger partial charge is 0.483 e. The Morgan fingerprint density at radius 1 is 1.19 bits per heavy atom. The highest BCUT2D eigenvalue weighted by molar-refractivity contribution is 7.97. The molecule has 2 N–H and O–H groups in total. The molecule has 1 fully saturated rings. The molecule has 0 spiro atoms. The van der Waals surface area contributed by atoms with Gasteiger partial charge in [-0.3, -0.25) is 9.69 Å². The number of para-hydroxylation sites is 1. The first kappa shape index (κ1) is 23.1. The number of carbonyl (C=O) groups is 1. The van der Waals surface area contributed by atoms with Crippen LogP contribution in [0.15, 0.2) is 53.4 Å². The maximum absolute atomic E-state index is 12.3. The van der Waals surface area contributed by atoms with E-state index in [2.05, 4.69) is 51.2 Å². The molecule has 0 bridgehead atoms. The summed E-state index contributed by atoms with van der Waals surface area (Å²) in [5.41, 5.74) is 2.90. The van der Waals surface area contributed by atoms with Crippen molar-refractivity contribution < 1.29 is 9.53 Å². The molecule has 0 atom stereocenters. The Balaban J connectivity index is 1.14. The Kier molecular flexibility index (Phi) is 8.45. The van der Waals surface area contributed by atoms with Gasteiger partial charge in [0.2, 0.25) is 0 Å². The van der Waals surface area contributed by atoms with Crippen LogP contribution >= 0.6 is 11.9 Å². The van der Waals surface area contributed by atoms with Crippen molar-refractivity contribution in [1.29, 1.82) is 0 Å². The van der Waals surface area contributed by atoms with Crippen molar-refractivity contribution in [3.8, 4) is 5.75 Å². The number of hydrogen-bond donors (Lipinski definition) is 2. The van der Waals surface area contributed by atoms with Crippen molar-refractivity contribution in [2.45, 2.75) is 24.3 Å². The highest BCUT2D eigenvalue weighted by Crippen LogP contribution is 2.31. The van der Waals surface area contributed by atoms with Gasteiger partial charge in [0.15, 0.2) is 6.61 Å². The number of nitrogens with zero attached hydrogens (tertiary/aromatic N) is 2. The van der Waals surface area contributed by atoms with Crippen LogP contribution < -0.4 is 15.4 Å². The van der Waals surface area contributed by atoms with Gasteiger partial charge in [-0.25, -0.2) is 4.31 Å². The average molecular weight is 455 g/mol. The topological polar surface area (TPSA) is 56.8 Å². The maximum Gasteiger partial charge on any atom is 0.257 e. The standard InChI is InChI=1S/C25H34N4O2S/c1-28(17-20-15-26-16-20)32-24-10-5-4-9-23(24)31-19-25(30)27-12-6-13-29-14-11-21-7-2-3-8-22(21)18-29/h2-5,7-10,20,26H,6,11-19H2,1H3,(H,27,30). The predicted molar refractivity (Wildman–Crippen MR) is 130 cm³/mol. The normalized spacial score (nSPS) is 16.4. The van der Waals surface area contributed by atoms with E-state index < -0.39 is 0 Å². The molecule has 2 aromatic rings. The van der Waals surface area contributed by atoms with Gasteiger partial charge in [-0.2, -0.15) is 0 Å². The Morgan fingerprint density at radius 2 is 1.97 bits per heavy atom. The van der Waals surface area contributed by atoms with E-state index in [0.29, 0.717) is 12.5 Å². The lowest BCUT2D eigenvalue weighted by Crippen LogP contribution is -2.46. The Hall–Kier alpha value is -2.06. The lowest BCUT2D eigenvalue weighted by molar-refractivity contribution is -0.123. The number of benzene rings is 2. The minimum absolute atomic E-state index is 0.0465. The Labute approximate surface area is 195 Å². The van der Waals surface area contributed by atoms with Crippen LogP contribution in [0.25, 0.3) is 0 Å². The van der Waals surface area contributed by atoms with E-state index in [1.165, 1.54) is 11.1 Å². The molecule has 1 amide bonds. The molecule has 2 aliphatic heterocycles. The molecule has 0 radical (unpaired) electrons. The molecule has 0 aromatic heterocycles. The lowest BCUT2D eigenvalue weighted by Gasteiger charge is -2.30. The second-order valence-corrected chi connectivity index (χ2v) is 9.91. The van der Waals surface area contributed by atoms with E-state index in [1.54, 1.807) is 11.9 Å². The third kappa shape index (κ3) is 6.72. The molecule has 2 aliphatic rings. The summed E-state index contributed by atoms with van der Waals surface area (Å²) in [6, 6.07) is 16.6. The lowest BCUT2D eigenvalue weighted by atomic mass is 10.00. The zero-order chi connectivity index (χ0) is 22.2. The van der Waals surface area contributed by atoms with E-state index in [4.69, 9.17) is 4.74 Å². The van der Waals surface area contributed by atoms with Crippen LogP contribution in [0.4, 0.5) is 0 Å². The third-order valence-corrected chi connectivity index (χ3v) is 7.02. The van der Waals surface area contributed by atoms with Gasteiger partial charge in [0.1, 0.15) is 5.75 Å². The van der Waals surface area contributed by atoms with E-state index in [9.17, 15) is 4.79 Å². The van der Waals surface area contributed by atoms with Crippen LogP contribution in [-0.4, -0.2) is 68.0 Å². The SMILES string of the molecule is CN(CC1CNC1)Sc1ccccc1OCC(=O)NCCCN1CCc2ccccc2C1. The molecule has 0 aliphatic carbocycles. The number of nitrogens with one attached hydrogen (secondary N) is 2. The van der Waals surface area contributed by atoms with Crippen molar-refractivity contribution >= 4 is 17.9 Å². The van der Waals surface area contributed by atoms with Crippen LogP contribution in [0.1, 0.15) is 17.5 Å². The fourth-order valence-electron chi connectivity index (χ4n) is 4.16. The molecule has 0 saturated carbocycles. The Bertz CT molecular complexity index is 890. The van der Waals surface area contributed by atoms with Crippen molar-refractivity contribution in [2.75, 3.05) is 52.9 Å². The number of ether oxygens (including phenoxy) is 1. The summed E-state index contributed by atoms with van der Waals surface area (Å²) in [5.74, 6) is 1.41.